The maximum atomic E-state index is 14.6. The minimum absolute atomic E-state index is 0.182. The zero-order valence-electron chi connectivity index (χ0n) is 25.0. The number of rotatable bonds is 7. The van der Waals surface area contributed by atoms with Crippen molar-refractivity contribution in [1.82, 2.24) is 9.80 Å². The second-order valence-electron chi connectivity index (χ2n) is 13.3. The zero-order valence-corrected chi connectivity index (χ0v) is 25.0. The SMILES string of the molecule is CCC12C(c3ccccc3)=C(c3ccccc3)C([C@H]3C(=O)N(C[C@@H]4CCCO4)C(=O)[C@H]31)[C@H]1C(=O)N(C[C@@H]3CCCO3)C(=O)[C@@H]12. The van der Waals surface area contributed by atoms with Gasteiger partial charge in [0.25, 0.3) is 0 Å². The second kappa shape index (κ2) is 10.5. The van der Waals surface area contributed by atoms with Gasteiger partial charge in [-0.2, -0.15) is 0 Å². The monoisotopic (exact) mass is 594 g/mol. The van der Waals surface area contributed by atoms with Gasteiger partial charge in [0.2, 0.25) is 23.6 Å². The predicted molar refractivity (Wildman–Crippen MR) is 161 cm³/mol. The molecule has 8 atom stereocenters. The summed E-state index contributed by atoms with van der Waals surface area (Å²) in [6.45, 7) is 3.72. The number of imide groups is 2. The van der Waals surface area contributed by atoms with Crippen molar-refractivity contribution < 1.29 is 28.7 Å². The minimum Gasteiger partial charge on any atom is -0.376 e. The number of allylic oxidation sites excluding steroid dienone is 2. The Morgan fingerprint density at radius 2 is 1.14 bits per heavy atom. The summed E-state index contributed by atoms with van der Waals surface area (Å²) >= 11 is 0. The first kappa shape index (κ1) is 27.9. The molecule has 4 aliphatic heterocycles. The van der Waals surface area contributed by atoms with Gasteiger partial charge in [-0.25, -0.2) is 0 Å². The molecule has 2 aromatic carbocycles. The van der Waals surface area contributed by atoms with Crippen LogP contribution in [0.15, 0.2) is 60.7 Å². The van der Waals surface area contributed by atoms with E-state index in [0.29, 0.717) is 19.6 Å². The summed E-state index contributed by atoms with van der Waals surface area (Å²) in [7, 11) is 0. The molecule has 44 heavy (non-hydrogen) atoms. The summed E-state index contributed by atoms with van der Waals surface area (Å²) < 4.78 is 11.7. The third kappa shape index (κ3) is 3.76. The Kier molecular flexibility index (Phi) is 6.65. The number of carbonyl (C=O) groups excluding carboxylic acids is 4. The molecule has 8 nitrogen and oxygen atoms in total. The summed E-state index contributed by atoms with van der Waals surface area (Å²) in [5.41, 5.74) is 2.71. The first-order chi connectivity index (χ1) is 21.5. The summed E-state index contributed by atoms with van der Waals surface area (Å²) in [6, 6.07) is 19.9. The Bertz CT molecular complexity index is 1480. The van der Waals surface area contributed by atoms with Crippen molar-refractivity contribution in [2.45, 2.75) is 51.2 Å². The van der Waals surface area contributed by atoms with Gasteiger partial charge in [-0.05, 0) is 54.4 Å². The molecule has 0 aromatic heterocycles. The maximum absolute atomic E-state index is 14.6. The number of amides is 4. The topological polar surface area (TPSA) is 93.2 Å². The van der Waals surface area contributed by atoms with Crippen LogP contribution in [0.4, 0.5) is 0 Å². The van der Waals surface area contributed by atoms with Crippen LogP contribution < -0.4 is 0 Å². The van der Waals surface area contributed by atoms with E-state index in [9.17, 15) is 19.2 Å². The number of hydrogen-bond acceptors (Lipinski definition) is 6. The minimum atomic E-state index is -1.04. The molecule has 228 valence electrons. The summed E-state index contributed by atoms with van der Waals surface area (Å²) in [4.78, 5) is 61.2. The standard InChI is InChI=1S/C36H38N2O6/c1-2-36-29(22-13-7-4-8-14-22)25(21-11-5-3-6-12-21)26(27-30(36)34(41)37(32(27)39)19-23-15-9-17-43-23)28-31(36)35(42)38(33(28)40)20-24-16-10-18-44-24/h3-8,11-14,23-24,26-28,30-31H,2,9-10,15-20H2,1H3/t23-,24-,26?,27+,28+,30-,31+,36?/m0/s1. The van der Waals surface area contributed by atoms with Gasteiger partial charge in [-0.3, -0.25) is 29.0 Å². The van der Waals surface area contributed by atoms with Crippen molar-refractivity contribution in [2.24, 2.45) is 35.0 Å². The van der Waals surface area contributed by atoms with Crippen LogP contribution in [0.2, 0.25) is 0 Å². The van der Waals surface area contributed by atoms with Crippen molar-refractivity contribution in [3.63, 3.8) is 0 Å². The lowest BCUT2D eigenvalue weighted by molar-refractivity contribution is -0.146. The molecule has 2 aromatic rings. The number of carbonyl (C=O) groups is 4. The van der Waals surface area contributed by atoms with Crippen molar-refractivity contribution in [3.05, 3.63) is 71.8 Å². The van der Waals surface area contributed by atoms with Crippen LogP contribution in [-0.2, 0) is 28.7 Å². The van der Waals surface area contributed by atoms with Crippen LogP contribution >= 0.6 is 0 Å². The van der Waals surface area contributed by atoms with Crippen molar-refractivity contribution in [3.8, 4) is 0 Å². The molecular formula is C36H38N2O6. The molecule has 8 heteroatoms. The smallest absolute Gasteiger partial charge is 0.234 e. The molecule has 7 aliphatic rings. The van der Waals surface area contributed by atoms with E-state index >= 15 is 0 Å². The Labute approximate surface area is 257 Å². The van der Waals surface area contributed by atoms with Crippen molar-refractivity contribution >= 4 is 34.8 Å². The van der Waals surface area contributed by atoms with Crippen molar-refractivity contribution in [2.75, 3.05) is 26.3 Å². The quantitative estimate of drug-likeness (QED) is 0.447. The molecule has 3 aliphatic carbocycles. The molecule has 5 fully saturated rings. The van der Waals surface area contributed by atoms with Gasteiger partial charge >= 0.3 is 0 Å². The fourth-order valence-electron chi connectivity index (χ4n) is 9.76. The number of benzene rings is 2. The third-order valence-electron chi connectivity index (χ3n) is 11.4. The predicted octanol–water partition coefficient (Wildman–Crippen LogP) is 4.20. The zero-order chi connectivity index (χ0) is 30.2. The van der Waals surface area contributed by atoms with Gasteiger partial charge in [0.15, 0.2) is 0 Å². The van der Waals surface area contributed by atoms with E-state index in [0.717, 1.165) is 48.0 Å². The van der Waals surface area contributed by atoms with Crippen LogP contribution in [0.25, 0.3) is 11.1 Å². The molecule has 0 radical (unpaired) electrons. The van der Waals surface area contributed by atoms with Crippen LogP contribution in [0.3, 0.4) is 0 Å². The van der Waals surface area contributed by atoms with E-state index in [1.54, 1.807) is 0 Å². The van der Waals surface area contributed by atoms with E-state index in [-0.39, 0.29) is 48.9 Å². The Balaban J connectivity index is 1.36. The van der Waals surface area contributed by atoms with Crippen molar-refractivity contribution in [1.29, 1.82) is 0 Å². The van der Waals surface area contributed by atoms with Gasteiger partial charge in [-0.1, -0.05) is 67.6 Å². The Morgan fingerprint density at radius 3 is 1.57 bits per heavy atom. The van der Waals surface area contributed by atoms with Crippen LogP contribution in [0, 0.1) is 35.0 Å². The third-order valence-corrected chi connectivity index (χ3v) is 11.4. The molecule has 0 N–H and O–H groups in total. The molecule has 2 bridgehead atoms. The van der Waals surface area contributed by atoms with Gasteiger partial charge in [0.05, 0.1) is 49.0 Å². The van der Waals surface area contributed by atoms with Gasteiger partial charge in [-0.15, -0.1) is 0 Å². The fraction of sp³-hybridized carbons (Fsp3) is 0.500. The van der Waals surface area contributed by atoms with E-state index in [1.807, 2.05) is 67.6 Å². The lowest BCUT2D eigenvalue weighted by Crippen LogP contribution is -2.60. The lowest BCUT2D eigenvalue weighted by atomic mass is 9.40. The Morgan fingerprint density at radius 1 is 0.659 bits per heavy atom. The molecule has 4 amide bonds. The first-order valence-corrected chi connectivity index (χ1v) is 16.3. The van der Waals surface area contributed by atoms with E-state index in [1.165, 1.54) is 9.80 Å². The average molecular weight is 595 g/mol. The molecular weight excluding hydrogens is 556 g/mol. The van der Waals surface area contributed by atoms with Gasteiger partial charge < -0.3 is 9.47 Å². The highest BCUT2D eigenvalue weighted by molar-refractivity contribution is 6.17. The normalized spacial score (nSPS) is 36.2. The fourth-order valence-corrected chi connectivity index (χ4v) is 9.76. The molecule has 1 saturated carbocycles. The highest BCUT2D eigenvalue weighted by atomic mass is 16.5. The van der Waals surface area contributed by atoms with Crippen LogP contribution in [0.1, 0.15) is 50.2 Å². The average Bonchev–Trinajstić information content (AvgIpc) is 3.86. The molecule has 4 heterocycles. The summed E-state index contributed by atoms with van der Waals surface area (Å²) in [6.07, 6.45) is 3.50. The molecule has 0 spiro atoms. The number of ether oxygens (including phenoxy) is 2. The molecule has 2 unspecified atom stereocenters. The van der Waals surface area contributed by atoms with Crippen LogP contribution in [-0.4, -0.2) is 71.9 Å². The highest BCUT2D eigenvalue weighted by Gasteiger charge is 2.77. The second-order valence-corrected chi connectivity index (χ2v) is 13.3. The van der Waals surface area contributed by atoms with Gasteiger partial charge in [0, 0.05) is 24.5 Å². The molecule has 4 saturated heterocycles. The van der Waals surface area contributed by atoms with Crippen LogP contribution in [0.5, 0.6) is 0 Å². The number of nitrogens with zero attached hydrogens (tertiary/aromatic N) is 2. The lowest BCUT2D eigenvalue weighted by Gasteiger charge is -2.59. The Hall–Kier alpha value is -3.62. The van der Waals surface area contributed by atoms with E-state index in [2.05, 4.69) is 0 Å². The van der Waals surface area contributed by atoms with E-state index in [4.69, 9.17) is 9.47 Å². The summed E-state index contributed by atoms with van der Waals surface area (Å²) in [5.74, 6) is -4.39. The summed E-state index contributed by atoms with van der Waals surface area (Å²) in [5, 5.41) is 0. The van der Waals surface area contributed by atoms with Gasteiger partial charge in [0.1, 0.15) is 0 Å². The first-order valence-electron chi connectivity index (χ1n) is 16.3. The number of likely N-dealkylation sites (tertiary alicyclic amines) is 2. The van der Waals surface area contributed by atoms with E-state index < -0.39 is 35.0 Å². The maximum Gasteiger partial charge on any atom is 0.234 e. The molecule has 9 rings (SSSR count). The largest absolute Gasteiger partial charge is 0.376 e. The number of hydrogen-bond donors (Lipinski definition) is 0. The highest BCUT2D eigenvalue weighted by Crippen LogP contribution is 2.73.